The summed E-state index contributed by atoms with van der Waals surface area (Å²) in [7, 11) is 0. The number of carbonyl (C=O) groups excluding carboxylic acids is 7. The molecule has 4 atom stereocenters. The fraction of sp³-hybridized carbons (Fsp3) is 0.828. The Morgan fingerprint density at radius 2 is 0.770 bits per heavy atom. The van der Waals surface area contributed by atoms with Crippen LogP contribution < -0.4 is 0 Å². The van der Waals surface area contributed by atoms with Crippen molar-refractivity contribution in [1.29, 1.82) is 0 Å². The summed E-state index contributed by atoms with van der Waals surface area (Å²) in [6.07, 6.45) is 28.5. The molecule has 1 aromatic rings. The molecule has 0 spiro atoms. The number of amides is 1. The van der Waals surface area contributed by atoms with Gasteiger partial charge >= 0.3 is 41.8 Å². The number of ether oxygens (including phenoxy) is 6. The van der Waals surface area contributed by atoms with Crippen molar-refractivity contribution in [2.75, 3.05) is 39.5 Å². The monoisotopic (exact) mass is 1040 g/mol. The molecule has 16 heteroatoms. The Morgan fingerprint density at radius 1 is 0.473 bits per heavy atom. The highest BCUT2D eigenvalue weighted by molar-refractivity contribution is 5.77. The lowest BCUT2D eigenvalue weighted by atomic mass is 9.83. The van der Waals surface area contributed by atoms with Gasteiger partial charge in [0, 0.05) is 38.3 Å². The topological polar surface area (TPSA) is 196 Å². The van der Waals surface area contributed by atoms with Crippen molar-refractivity contribution in [2.45, 2.75) is 220 Å². The smallest absolute Gasteiger partial charge is 0.329 e. The molecule has 4 saturated carbocycles. The highest BCUT2D eigenvalue weighted by Gasteiger charge is 2.30. The van der Waals surface area contributed by atoms with E-state index in [4.69, 9.17) is 28.4 Å². The van der Waals surface area contributed by atoms with Gasteiger partial charge in [0.1, 0.15) is 32.8 Å². The van der Waals surface area contributed by atoms with E-state index in [1.807, 2.05) is 27.7 Å². The number of nitrogens with zero attached hydrogens (tertiary/aromatic N) is 3. The molecule has 1 heterocycles. The fourth-order valence-electron chi connectivity index (χ4n) is 11.7. The molecule has 0 aliphatic heterocycles. The predicted molar refractivity (Wildman–Crippen MR) is 278 cm³/mol. The second kappa shape index (κ2) is 33.5. The standard InChI is InChI=1S/C58H93N3O13/c1-42(33-46-19-9-5-10-20-46)54(64)69-37-50(38-70-55(65)43(2)34-47-21-11-6-12-22-47)73-52(62)27-17-30-60(58(68)61-32-29-59-41-61)31-18-28-53(63)74-51(39-71-56(66)44(3)35-48-23-13-7-14-24-48)40-72-57(67)45(4)36-49-25-15-8-16-26-49/h29,32,41-51H,5-28,30-31,33-40H2,1-4H3. The Bertz CT molecular complexity index is 1640. The van der Waals surface area contributed by atoms with Crippen LogP contribution in [0, 0.1) is 47.3 Å². The largest absolute Gasteiger partial charge is 0.461 e. The lowest BCUT2D eigenvalue weighted by Crippen LogP contribution is -2.37. The summed E-state index contributed by atoms with van der Waals surface area (Å²) >= 11 is 0. The fourth-order valence-corrected chi connectivity index (χ4v) is 11.7. The lowest BCUT2D eigenvalue weighted by molar-refractivity contribution is -0.169. The number of imidazole rings is 1. The van der Waals surface area contributed by atoms with E-state index in [1.165, 1.54) is 105 Å². The normalized spacial score (nSPS) is 19.7. The Labute approximate surface area is 442 Å². The van der Waals surface area contributed by atoms with Gasteiger partial charge in [-0.3, -0.25) is 33.3 Å². The number of esters is 6. The van der Waals surface area contributed by atoms with Crippen molar-refractivity contribution in [2.24, 2.45) is 47.3 Å². The van der Waals surface area contributed by atoms with Crippen molar-refractivity contribution in [3.05, 3.63) is 18.7 Å². The van der Waals surface area contributed by atoms with Crippen LogP contribution in [0.25, 0.3) is 0 Å². The lowest BCUT2D eigenvalue weighted by Gasteiger charge is -2.25. The van der Waals surface area contributed by atoms with Gasteiger partial charge in [-0.1, -0.05) is 156 Å². The van der Waals surface area contributed by atoms with E-state index in [-0.39, 0.29) is 113 Å². The Kier molecular flexibility index (Phi) is 27.3. The van der Waals surface area contributed by atoms with E-state index in [0.717, 1.165) is 77.0 Å². The van der Waals surface area contributed by atoms with Gasteiger partial charge in [0.2, 0.25) is 0 Å². The summed E-state index contributed by atoms with van der Waals surface area (Å²) in [6.45, 7) is 6.68. The molecule has 0 saturated heterocycles. The number of rotatable bonds is 30. The number of carbonyl (C=O) groups is 7. The van der Waals surface area contributed by atoms with Gasteiger partial charge < -0.3 is 33.3 Å². The second-order valence-corrected chi connectivity index (χ2v) is 22.8. The van der Waals surface area contributed by atoms with Crippen LogP contribution in [-0.2, 0) is 57.2 Å². The Hall–Kier alpha value is -4.50. The number of hydrogen-bond acceptors (Lipinski definition) is 14. The highest BCUT2D eigenvalue weighted by Crippen LogP contribution is 2.33. The molecule has 5 rings (SSSR count). The molecule has 1 amide bonds. The predicted octanol–water partition coefficient (Wildman–Crippen LogP) is 11.1. The molecule has 0 bridgehead atoms. The van der Waals surface area contributed by atoms with Gasteiger partial charge in [0.25, 0.3) is 0 Å². The van der Waals surface area contributed by atoms with E-state index in [2.05, 4.69) is 4.98 Å². The molecule has 1 aromatic heterocycles. The van der Waals surface area contributed by atoms with Gasteiger partial charge in [-0.15, -0.1) is 0 Å². The molecule has 418 valence electrons. The molecule has 74 heavy (non-hydrogen) atoms. The first-order valence-corrected chi connectivity index (χ1v) is 29.1. The van der Waals surface area contributed by atoms with Crippen molar-refractivity contribution in [3.63, 3.8) is 0 Å². The van der Waals surface area contributed by atoms with E-state index in [9.17, 15) is 33.6 Å². The van der Waals surface area contributed by atoms with Crippen LogP contribution in [0.4, 0.5) is 4.79 Å². The minimum Gasteiger partial charge on any atom is -0.461 e. The van der Waals surface area contributed by atoms with E-state index < -0.39 is 30.2 Å². The molecular weight excluding hydrogens is 947 g/mol. The quantitative estimate of drug-likeness (QED) is 0.0521. The van der Waals surface area contributed by atoms with Crippen molar-refractivity contribution >= 4 is 41.8 Å². The maximum atomic E-state index is 13.7. The average molecular weight is 1040 g/mol. The molecule has 0 radical (unpaired) electrons. The van der Waals surface area contributed by atoms with Gasteiger partial charge in [-0.25, -0.2) is 9.78 Å². The van der Waals surface area contributed by atoms with E-state index in [1.54, 1.807) is 0 Å². The Balaban J connectivity index is 1.13. The first-order valence-electron chi connectivity index (χ1n) is 29.1. The third-order valence-electron chi connectivity index (χ3n) is 16.1. The molecule has 0 N–H and O–H groups in total. The Morgan fingerprint density at radius 3 is 1.04 bits per heavy atom. The molecule has 4 fully saturated rings. The van der Waals surface area contributed by atoms with Crippen LogP contribution in [0.1, 0.15) is 207 Å². The minimum atomic E-state index is -1.01. The van der Waals surface area contributed by atoms with Gasteiger partial charge in [-0.2, -0.15) is 0 Å². The summed E-state index contributed by atoms with van der Waals surface area (Å²) in [5.41, 5.74) is 0. The van der Waals surface area contributed by atoms with E-state index >= 15 is 0 Å². The van der Waals surface area contributed by atoms with Gasteiger partial charge in [0.05, 0.1) is 23.7 Å². The summed E-state index contributed by atoms with van der Waals surface area (Å²) in [4.78, 5) is 98.6. The molecular formula is C58H93N3O13. The number of hydrogen-bond donors (Lipinski definition) is 0. The minimum absolute atomic E-state index is 0.0953. The zero-order chi connectivity index (χ0) is 53.1. The summed E-state index contributed by atoms with van der Waals surface area (Å²) < 4.78 is 35.7. The second-order valence-electron chi connectivity index (χ2n) is 22.8. The zero-order valence-electron chi connectivity index (χ0n) is 45.7. The van der Waals surface area contributed by atoms with Crippen molar-refractivity contribution < 1.29 is 62.0 Å². The zero-order valence-corrected chi connectivity index (χ0v) is 45.7. The van der Waals surface area contributed by atoms with Crippen LogP contribution in [0.15, 0.2) is 18.7 Å². The molecule has 16 nitrogen and oxygen atoms in total. The SMILES string of the molecule is CC(CC1CCCCC1)C(=O)OCC(COC(=O)C(C)CC1CCCCC1)OC(=O)CCCN(CCCC(=O)OC(COC(=O)C(C)CC1CCCCC1)COC(=O)C(C)CC1CCCCC1)C(=O)n1ccnc1. The molecule has 0 aromatic carbocycles. The summed E-state index contributed by atoms with van der Waals surface area (Å²) in [5.74, 6) is -2.09. The molecule has 4 aliphatic carbocycles. The third kappa shape index (κ3) is 22.8. The molecule has 4 aliphatic rings. The summed E-state index contributed by atoms with van der Waals surface area (Å²) in [6, 6.07) is -0.410. The van der Waals surface area contributed by atoms with Crippen molar-refractivity contribution in [1.82, 2.24) is 14.5 Å². The van der Waals surface area contributed by atoms with Gasteiger partial charge in [0.15, 0.2) is 12.2 Å². The highest BCUT2D eigenvalue weighted by atomic mass is 16.6. The summed E-state index contributed by atoms with van der Waals surface area (Å²) in [5, 5.41) is 0. The maximum absolute atomic E-state index is 13.7. The van der Waals surface area contributed by atoms with Gasteiger partial charge in [-0.05, 0) is 62.2 Å². The van der Waals surface area contributed by atoms with Crippen LogP contribution in [0.2, 0.25) is 0 Å². The first kappa shape index (κ1) is 60.4. The van der Waals surface area contributed by atoms with Crippen molar-refractivity contribution in [3.8, 4) is 0 Å². The first-order chi connectivity index (χ1) is 35.7. The van der Waals surface area contributed by atoms with E-state index in [0.29, 0.717) is 23.7 Å². The maximum Gasteiger partial charge on any atom is 0.329 e. The van der Waals surface area contributed by atoms with Crippen LogP contribution >= 0.6 is 0 Å². The van der Waals surface area contributed by atoms with Crippen LogP contribution in [0.5, 0.6) is 0 Å². The third-order valence-corrected chi connectivity index (χ3v) is 16.1. The van der Waals surface area contributed by atoms with Crippen LogP contribution in [0.3, 0.4) is 0 Å². The number of aromatic nitrogens is 2. The van der Waals surface area contributed by atoms with Crippen LogP contribution in [-0.4, -0.2) is 108 Å². The molecule has 4 unspecified atom stereocenters. The average Bonchev–Trinajstić information content (AvgIpc) is 3.96.